The zero-order valence-corrected chi connectivity index (χ0v) is 19.8. The minimum absolute atomic E-state index is 0.205. The molecule has 1 aliphatic heterocycles. The van der Waals surface area contributed by atoms with E-state index in [1.54, 1.807) is 27.0 Å². The number of allylic oxidation sites excluding steroid dienone is 3. The van der Waals surface area contributed by atoms with E-state index in [1.807, 2.05) is 19.1 Å². The molecule has 7 nitrogen and oxygen atoms in total. The van der Waals surface area contributed by atoms with Crippen LogP contribution >= 0.6 is 15.9 Å². The highest BCUT2D eigenvalue weighted by Crippen LogP contribution is 2.46. The van der Waals surface area contributed by atoms with Crippen molar-refractivity contribution in [3.8, 4) is 5.75 Å². The van der Waals surface area contributed by atoms with E-state index in [4.69, 9.17) is 14.2 Å². The van der Waals surface area contributed by atoms with E-state index in [2.05, 4.69) is 21.2 Å². The number of Topliss-reactive ketones (excluding diaryl/α,β-unsaturated/α-hetero) is 1. The Morgan fingerprint density at radius 2 is 1.97 bits per heavy atom. The van der Waals surface area contributed by atoms with E-state index in [-0.39, 0.29) is 18.3 Å². The molecule has 2 aliphatic rings. The minimum Gasteiger partial charge on any atom is -0.496 e. The number of esters is 2. The first-order chi connectivity index (χ1) is 14.7. The molecule has 166 valence electrons. The van der Waals surface area contributed by atoms with Crippen molar-refractivity contribution in [1.82, 2.24) is 5.32 Å². The monoisotopic (exact) mass is 491 g/mol. The van der Waals surface area contributed by atoms with E-state index >= 15 is 0 Å². The van der Waals surface area contributed by atoms with Crippen molar-refractivity contribution in [2.45, 2.75) is 33.1 Å². The van der Waals surface area contributed by atoms with Gasteiger partial charge in [0.2, 0.25) is 0 Å². The second-order valence-corrected chi connectivity index (χ2v) is 8.50. The van der Waals surface area contributed by atoms with Crippen molar-refractivity contribution in [1.29, 1.82) is 0 Å². The predicted molar refractivity (Wildman–Crippen MR) is 117 cm³/mol. The van der Waals surface area contributed by atoms with Crippen LogP contribution in [0.5, 0.6) is 5.75 Å². The third-order valence-corrected chi connectivity index (χ3v) is 6.37. The highest BCUT2D eigenvalue weighted by atomic mass is 79.9. The number of carbonyl (C=O) groups excluding carboxylic acids is 3. The maximum Gasteiger partial charge on any atom is 0.336 e. The third kappa shape index (κ3) is 4.13. The van der Waals surface area contributed by atoms with E-state index in [0.717, 1.165) is 11.3 Å². The quantitative estimate of drug-likeness (QED) is 0.496. The Bertz CT molecular complexity index is 996. The number of benzene rings is 1. The summed E-state index contributed by atoms with van der Waals surface area (Å²) in [5, 5.41) is 3.23. The Morgan fingerprint density at radius 1 is 1.26 bits per heavy atom. The minimum atomic E-state index is -0.920. The van der Waals surface area contributed by atoms with Gasteiger partial charge in [-0.05, 0) is 59.8 Å². The van der Waals surface area contributed by atoms with Crippen LogP contribution in [0.4, 0.5) is 0 Å². The summed E-state index contributed by atoms with van der Waals surface area (Å²) in [7, 11) is 2.84. The molecule has 0 spiro atoms. The number of hydrogen-bond donors (Lipinski definition) is 1. The van der Waals surface area contributed by atoms with Crippen molar-refractivity contribution >= 4 is 33.7 Å². The highest BCUT2D eigenvalue weighted by molar-refractivity contribution is 9.10. The summed E-state index contributed by atoms with van der Waals surface area (Å²) in [6, 6.07) is 5.41. The molecule has 0 saturated heterocycles. The molecule has 3 rings (SSSR count). The maximum absolute atomic E-state index is 13.6. The van der Waals surface area contributed by atoms with Gasteiger partial charge in [0.15, 0.2) is 5.78 Å². The number of rotatable bonds is 5. The molecular formula is C23H26BrNO6. The zero-order chi connectivity index (χ0) is 22.9. The lowest BCUT2D eigenvalue weighted by molar-refractivity contribution is -0.151. The first kappa shape index (κ1) is 23.1. The Kier molecular flexibility index (Phi) is 6.89. The van der Waals surface area contributed by atoms with Gasteiger partial charge in [-0.2, -0.15) is 0 Å². The van der Waals surface area contributed by atoms with E-state index in [9.17, 15) is 14.4 Å². The second-order valence-electron chi connectivity index (χ2n) is 7.65. The van der Waals surface area contributed by atoms with Gasteiger partial charge in [-0.1, -0.05) is 13.0 Å². The lowest BCUT2D eigenvalue weighted by atomic mass is 9.69. The number of ketones is 1. The molecule has 1 aliphatic carbocycles. The van der Waals surface area contributed by atoms with Gasteiger partial charge >= 0.3 is 11.9 Å². The Hall–Kier alpha value is -2.61. The molecular weight excluding hydrogens is 466 g/mol. The van der Waals surface area contributed by atoms with E-state index in [0.29, 0.717) is 33.5 Å². The Balaban J connectivity index is 2.21. The van der Waals surface area contributed by atoms with Crippen LogP contribution in [-0.2, 0) is 23.9 Å². The van der Waals surface area contributed by atoms with Crippen LogP contribution < -0.4 is 10.1 Å². The summed E-state index contributed by atoms with van der Waals surface area (Å²) in [5.41, 5.74) is 2.82. The molecule has 0 fully saturated rings. The van der Waals surface area contributed by atoms with Crippen LogP contribution in [0.15, 0.2) is 45.2 Å². The van der Waals surface area contributed by atoms with Gasteiger partial charge in [-0.15, -0.1) is 0 Å². The van der Waals surface area contributed by atoms with Crippen molar-refractivity contribution in [3.63, 3.8) is 0 Å². The molecule has 0 saturated carbocycles. The van der Waals surface area contributed by atoms with Crippen LogP contribution in [0, 0.1) is 11.8 Å². The molecule has 1 N–H and O–H groups in total. The molecule has 0 bridgehead atoms. The largest absolute Gasteiger partial charge is 0.496 e. The van der Waals surface area contributed by atoms with Gasteiger partial charge in [0.25, 0.3) is 0 Å². The smallest absolute Gasteiger partial charge is 0.336 e. The van der Waals surface area contributed by atoms with Crippen molar-refractivity contribution < 1.29 is 28.6 Å². The van der Waals surface area contributed by atoms with Gasteiger partial charge in [0.05, 0.1) is 30.9 Å². The average molecular weight is 492 g/mol. The van der Waals surface area contributed by atoms with Crippen LogP contribution in [0.25, 0.3) is 0 Å². The highest BCUT2D eigenvalue weighted by Gasteiger charge is 2.47. The maximum atomic E-state index is 13.6. The second kappa shape index (κ2) is 9.26. The van der Waals surface area contributed by atoms with E-state index < -0.39 is 23.8 Å². The number of hydrogen-bond acceptors (Lipinski definition) is 7. The zero-order valence-electron chi connectivity index (χ0n) is 18.2. The van der Waals surface area contributed by atoms with E-state index in [1.165, 1.54) is 7.11 Å². The van der Waals surface area contributed by atoms with Crippen molar-refractivity contribution in [2.24, 2.45) is 11.8 Å². The molecule has 0 aromatic heterocycles. The molecule has 1 heterocycles. The van der Waals surface area contributed by atoms with Crippen molar-refractivity contribution in [3.05, 3.63) is 50.8 Å². The molecule has 31 heavy (non-hydrogen) atoms. The summed E-state index contributed by atoms with van der Waals surface area (Å²) in [6.45, 7) is 5.58. The fraction of sp³-hybridized carbons (Fsp3) is 0.435. The molecule has 1 aromatic carbocycles. The molecule has 0 unspecified atom stereocenters. The normalized spacial score (nSPS) is 23.2. The molecule has 0 amide bonds. The molecule has 0 radical (unpaired) electrons. The Labute approximate surface area is 189 Å². The number of methoxy groups -OCH3 is 2. The fourth-order valence-electron chi connectivity index (χ4n) is 4.36. The number of dihydropyridines is 1. The number of halogens is 1. The lowest BCUT2D eigenvalue weighted by Gasteiger charge is -2.38. The van der Waals surface area contributed by atoms with Crippen LogP contribution in [0.2, 0.25) is 0 Å². The van der Waals surface area contributed by atoms with Gasteiger partial charge in [0.1, 0.15) is 11.7 Å². The Morgan fingerprint density at radius 3 is 2.55 bits per heavy atom. The molecule has 3 atom stereocenters. The average Bonchev–Trinajstić information content (AvgIpc) is 2.72. The summed E-state index contributed by atoms with van der Waals surface area (Å²) in [6.07, 6.45) is 0.488. The summed E-state index contributed by atoms with van der Waals surface area (Å²) in [4.78, 5) is 38.9. The molecule has 1 aromatic rings. The number of nitrogens with one attached hydrogen (secondary N) is 1. The lowest BCUT2D eigenvalue weighted by Crippen LogP contribution is -2.43. The van der Waals surface area contributed by atoms with Crippen LogP contribution in [-0.4, -0.2) is 38.5 Å². The topological polar surface area (TPSA) is 90.9 Å². The van der Waals surface area contributed by atoms with Crippen LogP contribution in [0.1, 0.15) is 38.7 Å². The third-order valence-electron chi connectivity index (χ3n) is 5.75. The molecule has 8 heteroatoms. The van der Waals surface area contributed by atoms with Gasteiger partial charge in [-0.3, -0.25) is 9.59 Å². The van der Waals surface area contributed by atoms with Crippen molar-refractivity contribution in [2.75, 3.05) is 20.8 Å². The van der Waals surface area contributed by atoms with Crippen LogP contribution in [0.3, 0.4) is 0 Å². The number of carbonyl (C=O) groups is 3. The standard InChI is InChI=1S/C23H26BrNO6/c1-6-31-23(28)18-12(3)25-15-9-11(2)17(22(27)30-5)21(26)20(15)19(18)13-7-8-16(29-4)14(24)10-13/h7-8,10-11,17,19,25H,6,9H2,1-5H3/t11-,17-,19+/m0/s1. The first-order valence-electron chi connectivity index (χ1n) is 10.1. The number of ether oxygens (including phenoxy) is 3. The summed E-state index contributed by atoms with van der Waals surface area (Å²) in [5.74, 6) is -2.60. The summed E-state index contributed by atoms with van der Waals surface area (Å²) >= 11 is 3.49. The fourth-order valence-corrected chi connectivity index (χ4v) is 4.91. The van der Waals surface area contributed by atoms with Gasteiger partial charge < -0.3 is 19.5 Å². The SMILES string of the molecule is CCOC(=O)C1=C(C)NC2=C(C(=O)[C@@H](C(=O)OC)[C@@H](C)C2)[C@@H]1c1ccc(OC)c(Br)c1. The summed E-state index contributed by atoms with van der Waals surface area (Å²) < 4.78 is 16.2. The predicted octanol–water partition coefficient (Wildman–Crippen LogP) is 3.63. The van der Waals surface area contributed by atoms with Gasteiger partial charge in [-0.25, -0.2) is 4.79 Å². The first-order valence-corrected chi connectivity index (χ1v) is 10.9. The van der Waals surface area contributed by atoms with Gasteiger partial charge in [0, 0.05) is 22.9 Å².